The molecule has 1 saturated heterocycles. The van der Waals surface area contributed by atoms with E-state index in [0.29, 0.717) is 42.8 Å². The molecule has 4 nitrogen and oxygen atoms in total. The van der Waals surface area contributed by atoms with Crippen molar-refractivity contribution in [2.75, 3.05) is 0 Å². The first-order valence-corrected chi connectivity index (χ1v) is 8.78. The van der Waals surface area contributed by atoms with Gasteiger partial charge >= 0.3 is 5.97 Å². The molecule has 1 aliphatic heterocycles. The molecule has 4 heteroatoms. The van der Waals surface area contributed by atoms with Crippen molar-refractivity contribution in [1.29, 1.82) is 0 Å². The minimum Gasteiger partial charge on any atom is -0.433 e. The normalized spacial score (nSPS) is 54.2. The molecule has 0 aromatic carbocycles. The van der Waals surface area contributed by atoms with Gasteiger partial charge in [0, 0.05) is 30.1 Å². The molecule has 4 fully saturated rings. The van der Waals surface area contributed by atoms with Gasteiger partial charge < -0.3 is 9.84 Å². The van der Waals surface area contributed by atoms with Gasteiger partial charge in [0.15, 0.2) is 0 Å². The van der Waals surface area contributed by atoms with Crippen molar-refractivity contribution in [3.05, 3.63) is 0 Å². The fourth-order valence-electron chi connectivity index (χ4n) is 6.34. The molecule has 0 radical (unpaired) electrons. The van der Waals surface area contributed by atoms with Gasteiger partial charge in [0.25, 0.3) is 0 Å². The zero-order valence-electron chi connectivity index (χ0n) is 13.6. The summed E-state index contributed by atoms with van der Waals surface area (Å²) < 4.78 is 5.44. The molecule has 122 valence electrons. The number of aliphatic hydroxyl groups is 1. The number of ketones is 1. The highest BCUT2D eigenvalue weighted by Crippen LogP contribution is 2.65. The number of carbonyl (C=O) groups excluding carboxylic acids is 2. The molecule has 0 aromatic heterocycles. The highest BCUT2D eigenvalue weighted by Gasteiger charge is 2.66. The molecule has 4 aliphatic rings. The van der Waals surface area contributed by atoms with Crippen LogP contribution < -0.4 is 0 Å². The molecule has 0 spiro atoms. The van der Waals surface area contributed by atoms with Gasteiger partial charge in [-0.15, -0.1) is 0 Å². The molecule has 22 heavy (non-hydrogen) atoms. The van der Waals surface area contributed by atoms with Crippen LogP contribution in [0.25, 0.3) is 0 Å². The number of rotatable bonds is 0. The maximum Gasteiger partial charge on any atom is 0.308 e. The number of fused-ring (bicyclic) bond motifs is 5. The van der Waals surface area contributed by atoms with Crippen LogP contribution >= 0.6 is 0 Å². The van der Waals surface area contributed by atoms with E-state index in [1.54, 1.807) is 0 Å². The van der Waals surface area contributed by atoms with Crippen molar-refractivity contribution in [2.24, 2.45) is 28.6 Å². The summed E-state index contributed by atoms with van der Waals surface area (Å²) in [6.45, 7) is 4.27. The number of carbonyl (C=O) groups is 2. The van der Waals surface area contributed by atoms with E-state index < -0.39 is 5.79 Å². The van der Waals surface area contributed by atoms with Crippen LogP contribution in [0.5, 0.6) is 0 Å². The summed E-state index contributed by atoms with van der Waals surface area (Å²) in [5, 5.41) is 11.0. The number of Topliss-reactive ketones (excluding diaryl/α,β-unsaturated/α-hetero) is 1. The first-order valence-electron chi connectivity index (χ1n) is 8.78. The quantitative estimate of drug-likeness (QED) is 0.699. The lowest BCUT2D eigenvalue weighted by Gasteiger charge is -2.61. The van der Waals surface area contributed by atoms with E-state index in [1.165, 1.54) is 0 Å². The third kappa shape index (κ3) is 1.62. The third-order valence-corrected chi connectivity index (χ3v) is 7.80. The number of ether oxygens (including phenoxy) is 1. The number of hydrogen-bond acceptors (Lipinski definition) is 4. The monoisotopic (exact) mass is 306 g/mol. The highest BCUT2D eigenvalue weighted by molar-refractivity contribution is 5.87. The third-order valence-electron chi connectivity index (χ3n) is 7.80. The molecule has 0 bridgehead atoms. The van der Waals surface area contributed by atoms with Crippen molar-refractivity contribution in [2.45, 2.75) is 71.0 Å². The Bertz CT molecular complexity index is 543. The van der Waals surface area contributed by atoms with E-state index in [0.717, 1.165) is 32.1 Å². The van der Waals surface area contributed by atoms with E-state index in [-0.39, 0.29) is 16.8 Å². The number of esters is 1. The van der Waals surface area contributed by atoms with Crippen molar-refractivity contribution in [1.82, 2.24) is 0 Å². The van der Waals surface area contributed by atoms with Gasteiger partial charge in [0.2, 0.25) is 5.79 Å². The summed E-state index contributed by atoms with van der Waals surface area (Å²) in [5.41, 5.74) is -0.491. The minimum absolute atomic E-state index is 0.141. The van der Waals surface area contributed by atoms with E-state index in [9.17, 15) is 14.7 Å². The Balaban J connectivity index is 1.69. The molecule has 6 atom stereocenters. The molecule has 0 amide bonds. The number of hydrogen-bond donors (Lipinski definition) is 1. The Morgan fingerprint density at radius 3 is 2.55 bits per heavy atom. The lowest BCUT2D eigenvalue weighted by atomic mass is 9.47. The van der Waals surface area contributed by atoms with Gasteiger partial charge in [-0.2, -0.15) is 0 Å². The average Bonchev–Trinajstić information content (AvgIpc) is 2.76. The van der Waals surface area contributed by atoms with Gasteiger partial charge in [0.05, 0.1) is 0 Å². The van der Waals surface area contributed by atoms with Crippen LogP contribution in [0.4, 0.5) is 0 Å². The molecular formula is C18H26O4. The Morgan fingerprint density at radius 1 is 1.00 bits per heavy atom. The van der Waals surface area contributed by atoms with Crippen LogP contribution in [0.1, 0.15) is 65.2 Å². The fourth-order valence-corrected chi connectivity index (χ4v) is 6.34. The van der Waals surface area contributed by atoms with Crippen molar-refractivity contribution in [3.63, 3.8) is 0 Å². The van der Waals surface area contributed by atoms with Crippen LogP contribution in [0.15, 0.2) is 0 Å². The molecule has 3 aliphatic carbocycles. The molecule has 6 unspecified atom stereocenters. The summed E-state index contributed by atoms with van der Waals surface area (Å²) >= 11 is 0. The smallest absolute Gasteiger partial charge is 0.308 e. The van der Waals surface area contributed by atoms with E-state index >= 15 is 0 Å². The predicted octanol–water partition coefficient (Wildman–Crippen LogP) is 2.82. The van der Waals surface area contributed by atoms with E-state index in [1.807, 2.05) is 0 Å². The zero-order valence-corrected chi connectivity index (χ0v) is 13.6. The maximum atomic E-state index is 12.4. The largest absolute Gasteiger partial charge is 0.433 e. The lowest BCUT2D eigenvalue weighted by molar-refractivity contribution is -0.316. The second-order valence-corrected chi connectivity index (χ2v) is 8.51. The summed E-state index contributed by atoms with van der Waals surface area (Å²) in [7, 11) is 0. The van der Waals surface area contributed by atoms with Gasteiger partial charge in [0.1, 0.15) is 5.78 Å². The van der Waals surface area contributed by atoms with Crippen LogP contribution in [-0.2, 0) is 14.3 Å². The van der Waals surface area contributed by atoms with Crippen molar-refractivity contribution in [3.8, 4) is 0 Å². The highest BCUT2D eigenvalue weighted by atomic mass is 16.7. The fraction of sp³-hybridized carbons (Fsp3) is 0.889. The maximum absolute atomic E-state index is 12.4. The average molecular weight is 306 g/mol. The minimum atomic E-state index is -1.29. The van der Waals surface area contributed by atoms with Gasteiger partial charge in [-0.05, 0) is 49.9 Å². The Labute approximate surface area is 131 Å². The summed E-state index contributed by atoms with van der Waals surface area (Å²) in [4.78, 5) is 24.0. The summed E-state index contributed by atoms with van der Waals surface area (Å²) in [5.74, 6) is 0.195. The SMILES string of the molecule is CC12CCC3C(CCC4(O)OC(=O)CCC34C)C1CCC2=O. The second-order valence-electron chi connectivity index (χ2n) is 8.51. The molecule has 1 N–H and O–H groups in total. The summed E-state index contributed by atoms with van der Waals surface area (Å²) in [6.07, 6.45) is 6.14. The predicted molar refractivity (Wildman–Crippen MR) is 79.7 cm³/mol. The first kappa shape index (κ1) is 14.7. The molecule has 4 rings (SSSR count). The Kier molecular flexibility index (Phi) is 2.90. The Hall–Kier alpha value is -0.900. The van der Waals surface area contributed by atoms with E-state index in [4.69, 9.17) is 4.74 Å². The standard InChI is InChI=1S/C18H26O4/c1-16-8-6-13-11(12(16)3-4-14(16)19)5-10-18(21)17(13,2)9-7-15(20)22-18/h11-13,21H,3-10H2,1-2H3. The molecular weight excluding hydrogens is 280 g/mol. The van der Waals surface area contributed by atoms with Crippen molar-refractivity contribution >= 4 is 11.8 Å². The molecule has 1 heterocycles. The van der Waals surface area contributed by atoms with Crippen LogP contribution in [-0.4, -0.2) is 22.6 Å². The van der Waals surface area contributed by atoms with Gasteiger partial charge in [-0.1, -0.05) is 13.8 Å². The molecule has 0 aromatic rings. The van der Waals surface area contributed by atoms with Crippen molar-refractivity contribution < 1.29 is 19.4 Å². The Morgan fingerprint density at radius 2 is 1.77 bits per heavy atom. The lowest BCUT2D eigenvalue weighted by Crippen LogP contribution is -2.63. The zero-order chi connectivity index (χ0) is 15.8. The van der Waals surface area contributed by atoms with Gasteiger partial charge in [-0.25, -0.2) is 0 Å². The first-order chi connectivity index (χ1) is 10.3. The van der Waals surface area contributed by atoms with E-state index in [2.05, 4.69) is 13.8 Å². The van der Waals surface area contributed by atoms with Crippen LogP contribution in [0, 0.1) is 28.6 Å². The van der Waals surface area contributed by atoms with Crippen LogP contribution in [0.3, 0.4) is 0 Å². The summed E-state index contributed by atoms with van der Waals surface area (Å²) in [6, 6.07) is 0. The van der Waals surface area contributed by atoms with Crippen LogP contribution in [0.2, 0.25) is 0 Å². The topological polar surface area (TPSA) is 63.6 Å². The second kappa shape index (κ2) is 4.34. The molecule has 3 saturated carbocycles. The van der Waals surface area contributed by atoms with Gasteiger partial charge in [-0.3, -0.25) is 9.59 Å².